The summed E-state index contributed by atoms with van der Waals surface area (Å²) in [4.78, 5) is 13.8. The van der Waals surface area contributed by atoms with Crippen LogP contribution >= 0.6 is 0 Å². The summed E-state index contributed by atoms with van der Waals surface area (Å²) in [5, 5.41) is 12.9. The van der Waals surface area contributed by atoms with Crippen molar-refractivity contribution in [3.8, 4) is 5.75 Å². The van der Waals surface area contributed by atoms with Crippen LogP contribution in [0.25, 0.3) is 0 Å². The Kier molecular flexibility index (Phi) is 4.96. The number of likely N-dealkylation sites (tertiary alicyclic amines) is 1. The zero-order chi connectivity index (χ0) is 16.3. The minimum Gasteiger partial charge on any atom is -0.508 e. The van der Waals surface area contributed by atoms with Crippen LogP contribution in [0, 0.1) is 0 Å². The molecule has 0 aliphatic carbocycles. The van der Waals surface area contributed by atoms with Crippen molar-refractivity contribution in [2.75, 3.05) is 13.1 Å². The molecule has 1 aliphatic rings. The largest absolute Gasteiger partial charge is 0.508 e. The number of hydrogen-bond acceptors (Lipinski definition) is 4. The molecule has 0 radical (unpaired) electrons. The summed E-state index contributed by atoms with van der Waals surface area (Å²) in [6.45, 7) is 9.10. The molecule has 2 rings (SSSR count). The minimum atomic E-state index is -0.456. The molecule has 1 heterocycles. The molecule has 2 unspecified atom stereocenters. The van der Waals surface area contributed by atoms with Crippen molar-refractivity contribution in [3.05, 3.63) is 29.8 Å². The van der Waals surface area contributed by atoms with Crippen molar-refractivity contribution in [2.24, 2.45) is 0 Å². The van der Waals surface area contributed by atoms with E-state index in [1.165, 1.54) is 0 Å². The second kappa shape index (κ2) is 6.57. The Labute approximate surface area is 132 Å². The fraction of sp³-hybridized carbons (Fsp3) is 0.588. The highest BCUT2D eigenvalue weighted by atomic mass is 16.6. The first-order chi connectivity index (χ1) is 10.2. The van der Waals surface area contributed by atoms with E-state index in [0.717, 1.165) is 18.5 Å². The van der Waals surface area contributed by atoms with E-state index in [0.29, 0.717) is 6.54 Å². The van der Waals surface area contributed by atoms with Crippen molar-refractivity contribution in [1.29, 1.82) is 0 Å². The lowest BCUT2D eigenvalue weighted by Crippen LogP contribution is -2.39. The van der Waals surface area contributed by atoms with Gasteiger partial charge in [-0.05, 0) is 51.8 Å². The zero-order valence-corrected chi connectivity index (χ0v) is 13.8. The van der Waals surface area contributed by atoms with Crippen molar-refractivity contribution in [2.45, 2.75) is 51.8 Å². The molecule has 0 bridgehead atoms. The highest BCUT2D eigenvalue weighted by Crippen LogP contribution is 2.20. The van der Waals surface area contributed by atoms with E-state index in [2.05, 4.69) is 12.2 Å². The number of hydrogen-bond donors (Lipinski definition) is 2. The van der Waals surface area contributed by atoms with Gasteiger partial charge in [-0.3, -0.25) is 0 Å². The molecule has 5 heteroatoms. The van der Waals surface area contributed by atoms with Gasteiger partial charge in [-0.25, -0.2) is 4.79 Å². The van der Waals surface area contributed by atoms with E-state index >= 15 is 0 Å². The molecular weight excluding hydrogens is 280 g/mol. The van der Waals surface area contributed by atoms with E-state index in [1.807, 2.05) is 32.9 Å². The average Bonchev–Trinajstić information content (AvgIpc) is 2.86. The van der Waals surface area contributed by atoms with Crippen molar-refractivity contribution in [3.63, 3.8) is 0 Å². The third-order valence-electron chi connectivity index (χ3n) is 3.72. The molecule has 0 saturated carbocycles. The fourth-order valence-electron chi connectivity index (χ4n) is 2.60. The van der Waals surface area contributed by atoms with Gasteiger partial charge in [0.2, 0.25) is 0 Å². The van der Waals surface area contributed by atoms with Crippen LogP contribution in [-0.2, 0) is 4.74 Å². The number of benzene rings is 1. The second-order valence-corrected chi connectivity index (χ2v) is 6.89. The number of phenolic OH excluding ortho intramolecular Hbond substituents is 1. The molecule has 2 N–H and O–H groups in total. The van der Waals surface area contributed by atoms with Gasteiger partial charge in [0.15, 0.2) is 0 Å². The molecular formula is C17H26N2O3. The predicted molar refractivity (Wildman–Crippen MR) is 85.9 cm³/mol. The highest BCUT2D eigenvalue weighted by molar-refractivity contribution is 5.68. The summed E-state index contributed by atoms with van der Waals surface area (Å²) in [5.74, 6) is 0.271. The molecule has 22 heavy (non-hydrogen) atoms. The summed E-state index contributed by atoms with van der Waals surface area (Å²) in [6, 6.07) is 7.63. The van der Waals surface area contributed by atoms with Gasteiger partial charge in [-0.15, -0.1) is 0 Å². The number of rotatable bonds is 3. The molecule has 1 aliphatic heterocycles. The molecule has 0 spiro atoms. The van der Waals surface area contributed by atoms with Crippen LogP contribution in [0.3, 0.4) is 0 Å². The van der Waals surface area contributed by atoms with Gasteiger partial charge in [-0.2, -0.15) is 0 Å². The quantitative estimate of drug-likeness (QED) is 0.901. The molecule has 5 nitrogen and oxygen atoms in total. The summed E-state index contributed by atoms with van der Waals surface area (Å²) in [6.07, 6.45) is 0.677. The fourth-order valence-corrected chi connectivity index (χ4v) is 2.60. The first kappa shape index (κ1) is 16.6. The predicted octanol–water partition coefficient (Wildman–Crippen LogP) is 3.05. The smallest absolute Gasteiger partial charge is 0.410 e. The van der Waals surface area contributed by atoms with Crippen LogP contribution < -0.4 is 5.32 Å². The molecule has 1 aromatic carbocycles. The molecule has 1 fully saturated rings. The number of ether oxygens (including phenoxy) is 1. The van der Waals surface area contributed by atoms with Gasteiger partial charge < -0.3 is 20.1 Å². The molecule has 122 valence electrons. The number of nitrogens with zero attached hydrogens (tertiary/aromatic N) is 1. The Bertz CT molecular complexity index is 508. The third-order valence-corrected chi connectivity index (χ3v) is 3.72. The molecule has 1 aromatic rings. The van der Waals surface area contributed by atoms with Gasteiger partial charge in [-0.1, -0.05) is 12.1 Å². The summed E-state index contributed by atoms with van der Waals surface area (Å²) in [7, 11) is 0. The maximum Gasteiger partial charge on any atom is 0.410 e. The number of phenols is 1. The van der Waals surface area contributed by atoms with Crippen molar-refractivity contribution >= 4 is 6.09 Å². The number of nitrogens with one attached hydrogen (secondary N) is 1. The Morgan fingerprint density at radius 3 is 2.59 bits per heavy atom. The van der Waals surface area contributed by atoms with Crippen molar-refractivity contribution < 1.29 is 14.6 Å². The topological polar surface area (TPSA) is 61.8 Å². The van der Waals surface area contributed by atoms with Crippen LogP contribution in [0.5, 0.6) is 5.75 Å². The SMILES string of the molecule is CC(NC1CCN(C(=O)OC(C)(C)C)C1)c1ccc(O)cc1. The average molecular weight is 306 g/mol. The Balaban J connectivity index is 1.85. The van der Waals surface area contributed by atoms with Gasteiger partial charge >= 0.3 is 6.09 Å². The Hall–Kier alpha value is -1.75. The standard InChI is InChI=1S/C17H26N2O3/c1-12(13-5-7-15(20)8-6-13)18-14-9-10-19(11-14)16(21)22-17(2,3)4/h5-8,12,14,18,20H,9-11H2,1-4H3. The van der Waals surface area contributed by atoms with E-state index < -0.39 is 5.60 Å². The summed E-state index contributed by atoms with van der Waals surface area (Å²) >= 11 is 0. The second-order valence-electron chi connectivity index (χ2n) is 6.89. The van der Waals surface area contributed by atoms with Crippen LogP contribution in [-0.4, -0.2) is 40.8 Å². The first-order valence-corrected chi connectivity index (χ1v) is 7.77. The van der Waals surface area contributed by atoms with Crippen LogP contribution in [0.1, 0.15) is 45.7 Å². The lowest BCUT2D eigenvalue weighted by Gasteiger charge is -2.25. The summed E-state index contributed by atoms with van der Waals surface area (Å²) < 4.78 is 5.40. The van der Waals surface area contributed by atoms with E-state index in [1.54, 1.807) is 17.0 Å². The number of amides is 1. The monoisotopic (exact) mass is 306 g/mol. The molecule has 0 aromatic heterocycles. The lowest BCUT2D eigenvalue weighted by atomic mass is 10.1. The Morgan fingerprint density at radius 2 is 2.00 bits per heavy atom. The van der Waals surface area contributed by atoms with E-state index in [4.69, 9.17) is 4.74 Å². The first-order valence-electron chi connectivity index (χ1n) is 7.77. The maximum absolute atomic E-state index is 12.0. The van der Waals surface area contributed by atoms with Crippen LogP contribution in [0.2, 0.25) is 0 Å². The number of aromatic hydroxyl groups is 1. The van der Waals surface area contributed by atoms with Crippen molar-refractivity contribution in [1.82, 2.24) is 10.2 Å². The summed E-state index contributed by atoms with van der Waals surface area (Å²) in [5.41, 5.74) is 0.663. The molecule has 2 atom stereocenters. The van der Waals surface area contributed by atoms with Gasteiger partial charge in [0, 0.05) is 25.2 Å². The van der Waals surface area contributed by atoms with Gasteiger partial charge in [0.25, 0.3) is 0 Å². The van der Waals surface area contributed by atoms with E-state index in [-0.39, 0.29) is 23.9 Å². The highest BCUT2D eigenvalue weighted by Gasteiger charge is 2.30. The zero-order valence-electron chi connectivity index (χ0n) is 13.8. The Morgan fingerprint density at radius 1 is 1.36 bits per heavy atom. The molecule has 1 saturated heterocycles. The van der Waals surface area contributed by atoms with Crippen LogP contribution in [0.4, 0.5) is 4.79 Å². The van der Waals surface area contributed by atoms with Crippen LogP contribution in [0.15, 0.2) is 24.3 Å². The molecule has 1 amide bonds. The lowest BCUT2D eigenvalue weighted by molar-refractivity contribution is 0.0290. The van der Waals surface area contributed by atoms with Gasteiger partial charge in [0.05, 0.1) is 0 Å². The number of carbonyl (C=O) groups excluding carboxylic acids is 1. The third kappa shape index (κ3) is 4.63. The van der Waals surface area contributed by atoms with Gasteiger partial charge in [0.1, 0.15) is 11.4 Å². The number of carbonyl (C=O) groups is 1. The van der Waals surface area contributed by atoms with E-state index in [9.17, 15) is 9.90 Å². The maximum atomic E-state index is 12.0. The minimum absolute atomic E-state index is 0.171. The normalized spacial score (nSPS) is 20.0.